The monoisotopic (exact) mass is 249 g/mol. The zero-order chi connectivity index (χ0) is 12.9. The van der Waals surface area contributed by atoms with Gasteiger partial charge in [-0.25, -0.2) is 0 Å². The maximum atomic E-state index is 12.3. The third-order valence-corrected chi connectivity index (χ3v) is 2.06. The van der Waals surface area contributed by atoms with Crippen LogP contribution >= 0.6 is 0 Å². The molecule has 17 heavy (non-hydrogen) atoms. The first-order valence-corrected chi connectivity index (χ1v) is 5.21. The largest absolute Gasteiger partial charge is 0.405 e. The molecule has 1 aromatic rings. The van der Waals surface area contributed by atoms with Crippen molar-refractivity contribution in [3.8, 4) is 0 Å². The van der Waals surface area contributed by atoms with Crippen LogP contribution in [0.3, 0.4) is 0 Å². The summed E-state index contributed by atoms with van der Waals surface area (Å²) in [6.45, 7) is 0.722. The van der Waals surface area contributed by atoms with Crippen molar-refractivity contribution in [2.24, 2.45) is 0 Å². The maximum absolute atomic E-state index is 12.3. The van der Waals surface area contributed by atoms with Crippen molar-refractivity contribution >= 4 is 5.82 Å². The van der Waals surface area contributed by atoms with Gasteiger partial charge in [-0.2, -0.15) is 18.3 Å². The van der Waals surface area contributed by atoms with Gasteiger partial charge in [0.2, 0.25) is 0 Å². The first-order valence-electron chi connectivity index (χ1n) is 5.21. The summed E-state index contributed by atoms with van der Waals surface area (Å²) in [7, 11) is 0. The van der Waals surface area contributed by atoms with Crippen molar-refractivity contribution in [2.75, 3.05) is 18.0 Å². The average molecular weight is 249 g/mol. The summed E-state index contributed by atoms with van der Waals surface area (Å²) in [5.41, 5.74) is 0.331. The van der Waals surface area contributed by atoms with Crippen LogP contribution in [0.4, 0.5) is 19.0 Å². The molecule has 0 aliphatic rings. The van der Waals surface area contributed by atoms with E-state index >= 15 is 0 Å². The lowest BCUT2D eigenvalue weighted by molar-refractivity contribution is -0.119. The van der Waals surface area contributed by atoms with Crippen LogP contribution in [-0.4, -0.2) is 34.6 Å². The van der Waals surface area contributed by atoms with Crippen molar-refractivity contribution in [1.29, 1.82) is 0 Å². The minimum absolute atomic E-state index is 0.168. The summed E-state index contributed by atoms with van der Waals surface area (Å²) in [6.07, 6.45) is -3.69. The lowest BCUT2D eigenvalue weighted by atomic mass is 10.3. The highest BCUT2D eigenvalue weighted by Gasteiger charge is 2.31. The molecule has 0 aromatic carbocycles. The van der Waals surface area contributed by atoms with E-state index in [9.17, 15) is 13.2 Å². The summed E-state index contributed by atoms with van der Waals surface area (Å²) < 4.78 is 37.0. The molecule has 0 bridgehead atoms. The van der Waals surface area contributed by atoms with Crippen molar-refractivity contribution in [1.82, 2.24) is 10.2 Å². The minimum Gasteiger partial charge on any atom is -0.390 e. The fraction of sp³-hybridized carbons (Fsp3) is 0.600. The fourth-order valence-corrected chi connectivity index (χ4v) is 1.37. The first kappa shape index (κ1) is 13.7. The Labute approximate surface area is 97.1 Å². The van der Waals surface area contributed by atoms with E-state index in [0.29, 0.717) is 12.1 Å². The van der Waals surface area contributed by atoms with Gasteiger partial charge in [-0.3, -0.25) is 0 Å². The molecule has 1 N–H and O–H groups in total. The van der Waals surface area contributed by atoms with Crippen molar-refractivity contribution in [2.45, 2.75) is 26.1 Å². The van der Waals surface area contributed by atoms with Crippen LogP contribution < -0.4 is 4.90 Å². The van der Waals surface area contributed by atoms with Crippen LogP contribution in [0.2, 0.25) is 0 Å². The smallest absolute Gasteiger partial charge is 0.390 e. The van der Waals surface area contributed by atoms with E-state index in [1.807, 2.05) is 0 Å². The van der Waals surface area contributed by atoms with Gasteiger partial charge < -0.3 is 10.0 Å². The zero-order valence-electron chi connectivity index (χ0n) is 9.41. The highest BCUT2D eigenvalue weighted by atomic mass is 19.4. The second kappa shape index (κ2) is 5.81. The molecule has 96 valence electrons. The summed E-state index contributed by atoms with van der Waals surface area (Å²) in [6, 6.07) is 2.89. The lowest BCUT2D eigenvalue weighted by Gasteiger charge is -2.23. The van der Waals surface area contributed by atoms with Crippen LogP contribution in [-0.2, 0) is 6.61 Å². The van der Waals surface area contributed by atoms with Gasteiger partial charge in [-0.15, -0.1) is 5.10 Å². The minimum atomic E-state index is -4.27. The third-order valence-electron chi connectivity index (χ3n) is 2.06. The first-order chi connectivity index (χ1) is 7.96. The van der Waals surface area contributed by atoms with E-state index in [-0.39, 0.29) is 19.0 Å². The van der Waals surface area contributed by atoms with Gasteiger partial charge in [0, 0.05) is 6.54 Å². The van der Waals surface area contributed by atoms with Gasteiger partial charge in [0.05, 0.1) is 12.3 Å². The molecule has 7 heteroatoms. The standard InChI is InChI=1S/C10H14F3N3O/c1-2-5-16(7-10(11,12)13)9-4-3-8(6-17)14-15-9/h3-4,17H,2,5-7H2,1H3. The van der Waals surface area contributed by atoms with Gasteiger partial charge in [0.15, 0.2) is 5.82 Å². The zero-order valence-corrected chi connectivity index (χ0v) is 9.41. The second-order valence-electron chi connectivity index (χ2n) is 3.58. The summed E-state index contributed by atoms with van der Waals surface area (Å²) in [4.78, 5) is 1.12. The summed E-state index contributed by atoms with van der Waals surface area (Å²) >= 11 is 0. The molecule has 1 aromatic heterocycles. The topological polar surface area (TPSA) is 49.2 Å². The molecule has 0 aliphatic carbocycles. The predicted molar refractivity (Wildman–Crippen MR) is 56.5 cm³/mol. The summed E-state index contributed by atoms with van der Waals surface area (Å²) in [5.74, 6) is 0.168. The SMILES string of the molecule is CCCN(CC(F)(F)F)c1ccc(CO)nn1. The number of aromatic nitrogens is 2. The molecule has 0 saturated carbocycles. The molecular formula is C10H14F3N3O. The quantitative estimate of drug-likeness (QED) is 0.863. The molecule has 0 unspecified atom stereocenters. The Morgan fingerprint density at radius 3 is 2.41 bits per heavy atom. The molecule has 0 spiro atoms. The average Bonchev–Trinajstić information content (AvgIpc) is 2.27. The van der Waals surface area contributed by atoms with Crippen molar-refractivity contribution in [3.63, 3.8) is 0 Å². The number of anilines is 1. The van der Waals surface area contributed by atoms with Crippen LogP contribution in [0, 0.1) is 0 Å². The number of halogens is 3. The van der Waals surface area contributed by atoms with Crippen molar-refractivity contribution < 1.29 is 18.3 Å². The summed E-state index contributed by atoms with van der Waals surface area (Å²) in [5, 5.41) is 16.1. The third kappa shape index (κ3) is 4.56. The number of hydrogen-bond acceptors (Lipinski definition) is 4. The van der Waals surface area contributed by atoms with Gasteiger partial charge in [0.1, 0.15) is 6.54 Å². The molecule has 1 heterocycles. The Morgan fingerprint density at radius 2 is 2.00 bits per heavy atom. The predicted octanol–water partition coefficient (Wildman–Crippen LogP) is 1.75. The van der Waals surface area contributed by atoms with Gasteiger partial charge in [-0.05, 0) is 18.6 Å². The normalized spacial score (nSPS) is 11.6. The number of aliphatic hydroxyl groups excluding tert-OH is 1. The Hall–Kier alpha value is -1.37. The molecule has 0 aliphatic heterocycles. The molecular weight excluding hydrogens is 235 g/mol. The molecule has 0 amide bonds. The second-order valence-corrected chi connectivity index (χ2v) is 3.58. The van der Waals surface area contributed by atoms with Crippen LogP contribution in [0.5, 0.6) is 0 Å². The maximum Gasteiger partial charge on any atom is 0.405 e. The molecule has 0 atom stereocenters. The van der Waals surface area contributed by atoms with E-state index in [2.05, 4.69) is 10.2 Å². The van der Waals surface area contributed by atoms with E-state index in [1.165, 1.54) is 12.1 Å². The van der Waals surface area contributed by atoms with Crippen molar-refractivity contribution in [3.05, 3.63) is 17.8 Å². The number of aliphatic hydroxyl groups is 1. The Bertz CT molecular complexity index is 340. The number of alkyl halides is 3. The van der Waals surface area contributed by atoms with Gasteiger partial charge >= 0.3 is 6.18 Å². The van der Waals surface area contributed by atoms with E-state index in [0.717, 1.165) is 4.90 Å². The van der Waals surface area contributed by atoms with Crippen LogP contribution in [0.15, 0.2) is 12.1 Å². The number of nitrogens with zero attached hydrogens (tertiary/aromatic N) is 3. The van der Waals surface area contributed by atoms with Gasteiger partial charge in [0.25, 0.3) is 0 Å². The number of hydrogen-bond donors (Lipinski definition) is 1. The van der Waals surface area contributed by atoms with E-state index in [1.54, 1.807) is 6.92 Å². The Kier molecular flexibility index (Phi) is 4.68. The van der Waals surface area contributed by atoms with Crippen LogP contribution in [0.25, 0.3) is 0 Å². The van der Waals surface area contributed by atoms with E-state index < -0.39 is 12.7 Å². The molecule has 4 nitrogen and oxygen atoms in total. The highest BCUT2D eigenvalue weighted by molar-refractivity contribution is 5.37. The molecule has 0 radical (unpaired) electrons. The number of rotatable bonds is 5. The van der Waals surface area contributed by atoms with E-state index in [4.69, 9.17) is 5.11 Å². The Morgan fingerprint density at radius 1 is 1.29 bits per heavy atom. The fourth-order valence-electron chi connectivity index (χ4n) is 1.37. The molecule has 0 fully saturated rings. The molecule has 0 saturated heterocycles. The van der Waals surface area contributed by atoms with Crippen LogP contribution in [0.1, 0.15) is 19.0 Å². The lowest BCUT2D eigenvalue weighted by Crippen LogP contribution is -2.35. The highest BCUT2D eigenvalue weighted by Crippen LogP contribution is 2.20. The molecule has 1 rings (SSSR count). The van der Waals surface area contributed by atoms with Gasteiger partial charge in [-0.1, -0.05) is 6.92 Å². The Balaban J connectivity index is 2.81.